The molecule has 7 nitrogen and oxygen atoms in total. The van der Waals surface area contributed by atoms with Gasteiger partial charge in [0.05, 0.1) is 7.11 Å². The lowest BCUT2D eigenvalue weighted by atomic mass is 10.2. The van der Waals surface area contributed by atoms with Crippen molar-refractivity contribution in [1.82, 2.24) is 4.72 Å². The van der Waals surface area contributed by atoms with Crippen LogP contribution in [0.4, 0.5) is 8.78 Å². The van der Waals surface area contributed by atoms with E-state index in [0.717, 1.165) is 11.3 Å². The Morgan fingerprint density at radius 2 is 2.04 bits per heavy atom. The maximum atomic E-state index is 12.3. The third kappa shape index (κ3) is 5.64. The van der Waals surface area contributed by atoms with Gasteiger partial charge in [0.2, 0.25) is 0 Å². The molecule has 142 valence electrons. The van der Waals surface area contributed by atoms with Crippen molar-refractivity contribution in [2.75, 3.05) is 13.7 Å². The van der Waals surface area contributed by atoms with E-state index in [9.17, 15) is 22.0 Å². The minimum atomic E-state index is -3.76. The van der Waals surface area contributed by atoms with E-state index < -0.39 is 29.1 Å². The van der Waals surface area contributed by atoms with Gasteiger partial charge in [-0.2, -0.15) is 13.5 Å². The number of carbonyl (C=O) groups excluding carboxylic acids is 1. The van der Waals surface area contributed by atoms with Crippen LogP contribution in [0.3, 0.4) is 0 Å². The predicted octanol–water partition coefficient (Wildman–Crippen LogP) is 2.38. The summed E-state index contributed by atoms with van der Waals surface area (Å²) in [6, 6.07) is 7.04. The molecule has 1 aromatic heterocycles. The molecule has 0 unspecified atom stereocenters. The number of halogens is 2. The maximum absolute atomic E-state index is 12.3. The number of benzene rings is 1. The summed E-state index contributed by atoms with van der Waals surface area (Å²) in [5.74, 6) is -0.893. The van der Waals surface area contributed by atoms with E-state index in [1.807, 2.05) is 0 Å². The van der Waals surface area contributed by atoms with Crippen molar-refractivity contribution in [2.24, 2.45) is 0 Å². The SMILES string of the molecule is COc1cc(COC(=O)CNS(=O)(=O)c2cccs2)ccc1OC(F)F. The molecule has 1 heterocycles. The van der Waals surface area contributed by atoms with E-state index in [4.69, 9.17) is 9.47 Å². The van der Waals surface area contributed by atoms with Gasteiger partial charge in [-0.15, -0.1) is 11.3 Å². The summed E-state index contributed by atoms with van der Waals surface area (Å²) in [5, 5.41) is 1.60. The van der Waals surface area contributed by atoms with Crippen LogP contribution in [-0.2, 0) is 26.2 Å². The van der Waals surface area contributed by atoms with Crippen molar-refractivity contribution in [3.05, 3.63) is 41.3 Å². The Kier molecular flexibility index (Phi) is 6.89. The van der Waals surface area contributed by atoms with Crippen molar-refractivity contribution in [1.29, 1.82) is 0 Å². The average Bonchev–Trinajstić information content (AvgIpc) is 3.14. The van der Waals surface area contributed by atoms with E-state index in [-0.39, 0.29) is 22.3 Å². The molecular formula is C15H15F2NO6S2. The van der Waals surface area contributed by atoms with E-state index in [2.05, 4.69) is 9.46 Å². The lowest BCUT2D eigenvalue weighted by Crippen LogP contribution is -2.30. The second kappa shape index (κ2) is 8.92. The fraction of sp³-hybridized carbons (Fsp3) is 0.267. The highest BCUT2D eigenvalue weighted by Gasteiger charge is 2.17. The number of carbonyl (C=O) groups is 1. The minimum absolute atomic E-state index is 0.0530. The molecule has 0 fully saturated rings. The van der Waals surface area contributed by atoms with Crippen molar-refractivity contribution in [3.8, 4) is 11.5 Å². The smallest absolute Gasteiger partial charge is 0.387 e. The van der Waals surface area contributed by atoms with Crippen molar-refractivity contribution in [2.45, 2.75) is 17.4 Å². The third-order valence-corrected chi connectivity index (χ3v) is 5.81. The van der Waals surface area contributed by atoms with Crippen LogP contribution in [0.1, 0.15) is 5.56 Å². The van der Waals surface area contributed by atoms with Crippen LogP contribution in [-0.4, -0.2) is 34.7 Å². The molecule has 11 heteroatoms. The maximum Gasteiger partial charge on any atom is 0.387 e. The molecule has 1 aromatic carbocycles. The molecule has 1 N–H and O–H groups in total. The number of sulfonamides is 1. The number of hydrogen-bond donors (Lipinski definition) is 1. The number of nitrogens with one attached hydrogen (secondary N) is 1. The summed E-state index contributed by atoms with van der Waals surface area (Å²) in [4.78, 5) is 11.7. The Labute approximate surface area is 152 Å². The van der Waals surface area contributed by atoms with Crippen LogP contribution in [0.25, 0.3) is 0 Å². The van der Waals surface area contributed by atoms with E-state index in [0.29, 0.717) is 5.56 Å². The Bertz CT molecular complexity index is 840. The molecule has 2 rings (SSSR count). The third-order valence-electron chi connectivity index (χ3n) is 3.01. The number of thiophene rings is 1. The summed E-state index contributed by atoms with van der Waals surface area (Å²) in [7, 11) is -2.48. The van der Waals surface area contributed by atoms with Crippen LogP contribution in [0.15, 0.2) is 39.9 Å². The van der Waals surface area contributed by atoms with Crippen LogP contribution >= 0.6 is 11.3 Å². The van der Waals surface area contributed by atoms with E-state index in [1.165, 1.54) is 31.4 Å². The fourth-order valence-corrected chi connectivity index (χ4v) is 3.86. The molecule has 0 spiro atoms. The van der Waals surface area contributed by atoms with Gasteiger partial charge in [0, 0.05) is 0 Å². The van der Waals surface area contributed by atoms with Crippen LogP contribution in [0.2, 0.25) is 0 Å². The normalized spacial score (nSPS) is 11.4. The van der Waals surface area contributed by atoms with Crippen LogP contribution in [0, 0.1) is 0 Å². The Morgan fingerprint density at radius 1 is 1.27 bits per heavy atom. The minimum Gasteiger partial charge on any atom is -0.493 e. The summed E-state index contributed by atoms with van der Waals surface area (Å²) < 4.78 is 64.7. The first-order chi connectivity index (χ1) is 12.3. The van der Waals surface area contributed by atoms with E-state index >= 15 is 0 Å². The number of methoxy groups -OCH3 is 1. The Balaban J connectivity index is 1.89. The van der Waals surface area contributed by atoms with Gasteiger partial charge in [-0.3, -0.25) is 4.79 Å². The van der Waals surface area contributed by atoms with Gasteiger partial charge < -0.3 is 14.2 Å². The van der Waals surface area contributed by atoms with E-state index in [1.54, 1.807) is 11.4 Å². The molecule has 26 heavy (non-hydrogen) atoms. The van der Waals surface area contributed by atoms with Crippen molar-refractivity contribution >= 4 is 27.3 Å². The topological polar surface area (TPSA) is 90.9 Å². The second-order valence-corrected chi connectivity index (χ2v) is 7.72. The number of esters is 1. The fourth-order valence-electron chi connectivity index (χ4n) is 1.85. The van der Waals surface area contributed by atoms with Gasteiger partial charge in [0.15, 0.2) is 11.5 Å². The first-order valence-electron chi connectivity index (χ1n) is 7.12. The highest BCUT2D eigenvalue weighted by molar-refractivity contribution is 7.91. The zero-order valence-corrected chi connectivity index (χ0v) is 15.1. The molecule has 0 saturated heterocycles. The Morgan fingerprint density at radius 3 is 2.65 bits per heavy atom. The summed E-state index contributed by atoms with van der Waals surface area (Å²) in [5.41, 5.74) is 0.456. The lowest BCUT2D eigenvalue weighted by Gasteiger charge is -2.12. The van der Waals surface area contributed by atoms with Gasteiger partial charge in [0.1, 0.15) is 17.4 Å². The van der Waals surface area contributed by atoms with Gasteiger partial charge in [0.25, 0.3) is 10.0 Å². The molecule has 0 bridgehead atoms. The highest BCUT2D eigenvalue weighted by Crippen LogP contribution is 2.29. The lowest BCUT2D eigenvalue weighted by molar-refractivity contribution is -0.143. The van der Waals surface area contributed by atoms with Gasteiger partial charge in [-0.1, -0.05) is 12.1 Å². The predicted molar refractivity (Wildman–Crippen MR) is 88.9 cm³/mol. The zero-order chi connectivity index (χ0) is 19.2. The Hall–Kier alpha value is -2.24. The average molecular weight is 407 g/mol. The standard InChI is InChI=1S/C15H15F2NO6S2/c1-22-12-7-10(4-5-11(12)24-15(16)17)9-23-13(19)8-18-26(20,21)14-3-2-6-25-14/h2-7,15,18H,8-9H2,1H3. The summed E-state index contributed by atoms with van der Waals surface area (Å²) >= 11 is 1.02. The number of hydrogen-bond acceptors (Lipinski definition) is 7. The number of alkyl halides is 2. The van der Waals surface area contributed by atoms with Crippen LogP contribution < -0.4 is 14.2 Å². The largest absolute Gasteiger partial charge is 0.493 e. The van der Waals surface area contributed by atoms with Gasteiger partial charge >= 0.3 is 12.6 Å². The molecule has 0 aliphatic heterocycles. The molecule has 0 radical (unpaired) electrons. The van der Waals surface area contributed by atoms with Gasteiger partial charge in [-0.25, -0.2) is 8.42 Å². The molecule has 0 saturated carbocycles. The first-order valence-corrected chi connectivity index (χ1v) is 9.48. The summed E-state index contributed by atoms with van der Waals surface area (Å²) in [6.45, 7) is -3.72. The van der Waals surface area contributed by atoms with Crippen LogP contribution in [0.5, 0.6) is 11.5 Å². The zero-order valence-electron chi connectivity index (χ0n) is 13.5. The number of rotatable bonds is 9. The number of ether oxygens (including phenoxy) is 3. The highest BCUT2D eigenvalue weighted by atomic mass is 32.2. The molecule has 0 aliphatic carbocycles. The molecule has 0 aliphatic rings. The molecular weight excluding hydrogens is 392 g/mol. The molecule has 2 aromatic rings. The second-order valence-electron chi connectivity index (χ2n) is 4.78. The van der Waals surface area contributed by atoms with Crippen molar-refractivity contribution < 1.29 is 36.2 Å². The van der Waals surface area contributed by atoms with Gasteiger partial charge in [-0.05, 0) is 29.1 Å². The molecule has 0 atom stereocenters. The first kappa shape index (κ1) is 20.1. The summed E-state index contributed by atoms with van der Waals surface area (Å²) in [6.07, 6.45) is 0. The quantitative estimate of drug-likeness (QED) is 0.642. The van der Waals surface area contributed by atoms with Crippen molar-refractivity contribution in [3.63, 3.8) is 0 Å². The monoisotopic (exact) mass is 407 g/mol. The molecule has 0 amide bonds.